The summed E-state index contributed by atoms with van der Waals surface area (Å²) in [5.74, 6) is -0.111. The van der Waals surface area contributed by atoms with Crippen molar-refractivity contribution in [2.75, 3.05) is 5.32 Å². The Bertz CT molecular complexity index is 395. The molecule has 0 saturated carbocycles. The maximum absolute atomic E-state index is 11.8. The minimum absolute atomic E-state index is 0.111. The molecular formula is C13H19BrN2O. The van der Waals surface area contributed by atoms with Crippen LogP contribution < -0.4 is 11.1 Å². The van der Waals surface area contributed by atoms with E-state index in [0.717, 1.165) is 27.7 Å². The van der Waals surface area contributed by atoms with Crippen LogP contribution in [0.1, 0.15) is 30.9 Å². The van der Waals surface area contributed by atoms with Crippen molar-refractivity contribution < 1.29 is 4.79 Å². The minimum Gasteiger partial charge on any atom is -0.324 e. The maximum atomic E-state index is 11.8. The summed E-state index contributed by atoms with van der Waals surface area (Å²) in [4.78, 5) is 11.8. The quantitative estimate of drug-likeness (QED) is 0.897. The predicted octanol–water partition coefficient (Wildman–Crippen LogP) is 3.13. The van der Waals surface area contributed by atoms with Gasteiger partial charge in [-0.15, -0.1) is 0 Å². The largest absolute Gasteiger partial charge is 0.324 e. The molecule has 0 radical (unpaired) electrons. The number of halogens is 1. The number of amides is 1. The number of hydrogen-bond donors (Lipinski definition) is 2. The number of carbonyl (C=O) groups excluding carboxylic acids is 1. The molecule has 1 amide bonds. The van der Waals surface area contributed by atoms with Gasteiger partial charge in [0.2, 0.25) is 5.91 Å². The topological polar surface area (TPSA) is 55.1 Å². The fourth-order valence-electron chi connectivity index (χ4n) is 1.77. The molecule has 0 aromatic heterocycles. The molecule has 0 heterocycles. The van der Waals surface area contributed by atoms with Crippen LogP contribution in [0.3, 0.4) is 0 Å². The molecule has 0 bridgehead atoms. The minimum atomic E-state index is -0.428. The number of anilines is 1. The highest BCUT2D eigenvalue weighted by molar-refractivity contribution is 9.10. The smallest absolute Gasteiger partial charge is 0.241 e. The Kier molecular flexibility index (Phi) is 5.15. The SMILES string of the molecule is CCC[C@@H](N)C(=O)Nc1c(C)cc(Br)cc1C. The lowest BCUT2D eigenvalue weighted by atomic mass is 10.1. The van der Waals surface area contributed by atoms with Gasteiger partial charge >= 0.3 is 0 Å². The van der Waals surface area contributed by atoms with Crippen LogP contribution >= 0.6 is 15.9 Å². The number of benzene rings is 1. The van der Waals surface area contributed by atoms with Crippen molar-refractivity contribution >= 4 is 27.5 Å². The summed E-state index contributed by atoms with van der Waals surface area (Å²) in [6, 6.07) is 3.53. The molecule has 0 fully saturated rings. The molecule has 3 nitrogen and oxygen atoms in total. The number of aryl methyl sites for hydroxylation is 2. The summed E-state index contributed by atoms with van der Waals surface area (Å²) in [5.41, 5.74) is 8.72. The molecule has 1 rings (SSSR count). The standard InChI is InChI=1S/C13H19BrN2O/c1-4-5-11(15)13(17)16-12-8(2)6-10(14)7-9(12)3/h6-7,11H,4-5,15H2,1-3H3,(H,16,17)/t11-/m1/s1. The van der Waals surface area contributed by atoms with E-state index < -0.39 is 6.04 Å². The fraction of sp³-hybridized carbons (Fsp3) is 0.462. The Morgan fingerprint density at radius 3 is 2.41 bits per heavy atom. The van der Waals surface area contributed by atoms with E-state index in [1.807, 2.05) is 32.9 Å². The van der Waals surface area contributed by atoms with E-state index in [9.17, 15) is 4.79 Å². The molecule has 1 aromatic rings. The second-order valence-corrected chi connectivity index (χ2v) is 5.21. The number of nitrogens with one attached hydrogen (secondary N) is 1. The van der Waals surface area contributed by atoms with Crippen molar-refractivity contribution in [3.8, 4) is 0 Å². The molecule has 0 aliphatic carbocycles. The third kappa shape index (κ3) is 3.82. The molecule has 3 N–H and O–H groups in total. The normalized spacial score (nSPS) is 12.3. The van der Waals surface area contributed by atoms with E-state index in [-0.39, 0.29) is 5.91 Å². The number of nitrogens with two attached hydrogens (primary N) is 1. The highest BCUT2D eigenvalue weighted by Gasteiger charge is 2.14. The first-order valence-electron chi connectivity index (χ1n) is 5.79. The maximum Gasteiger partial charge on any atom is 0.241 e. The van der Waals surface area contributed by atoms with Crippen LogP contribution in [0.15, 0.2) is 16.6 Å². The zero-order chi connectivity index (χ0) is 13.0. The molecule has 17 heavy (non-hydrogen) atoms. The van der Waals surface area contributed by atoms with Gasteiger partial charge in [0, 0.05) is 10.2 Å². The number of rotatable bonds is 4. The van der Waals surface area contributed by atoms with Gasteiger partial charge in [0.15, 0.2) is 0 Å². The first-order chi connectivity index (χ1) is 7.95. The molecule has 0 aliphatic heterocycles. The van der Waals surface area contributed by atoms with E-state index in [4.69, 9.17) is 5.73 Å². The first-order valence-corrected chi connectivity index (χ1v) is 6.58. The lowest BCUT2D eigenvalue weighted by molar-refractivity contribution is -0.117. The van der Waals surface area contributed by atoms with Crippen molar-refractivity contribution in [3.05, 3.63) is 27.7 Å². The van der Waals surface area contributed by atoms with Gasteiger partial charge in [0.25, 0.3) is 0 Å². The van der Waals surface area contributed by atoms with Crippen molar-refractivity contribution in [1.82, 2.24) is 0 Å². The van der Waals surface area contributed by atoms with Crippen molar-refractivity contribution in [2.24, 2.45) is 5.73 Å². The Balaban J connectivity index is 2.85. The number of hydrogen-bond acceptors (Lipinski definition) is 2. The molecule has 94 valence electrons. The average molecular weight is 299 g/mol. The zero-order valence-corrected chi connectivity index (χ0v) is 12.1. The predicted molar refractivity (Wildman–Crippen MR) is 75.1 cm³/mol. The van der Waals surface area contributed by atoms with Crippen LogP contribution in [0.5, 0.6) is 0 Å². The second kappa shape index (κ2) is 6.17. The van der Waals surface area contributed by atoms with E-state index in [0.29, 0.717) is 6.42 Å². The van der Waals surface area contributed by atoms with Gasteiger partial charge in [-0.25, -0.2) is 0 Å². The molecule has 0 unspecified atom stereocenters. The van der Waals surface area contributed by atoms with Gasteiger partial charge in [0.05, 0.1) is 6.04 Å². The van der Waals surface area contributed by atoms with E-state index in [1.54, 1.807) is 0 Å². The van der Waals surface area contributed by atoms with Crippen molar-refractivity contribution in [3.63, 3.8) is 0 Å². The number of carbonyl (C=O) groups is 1. The molecular weight excluding hydrogens is 280 g/mol. The first kappa shape index (κ1) is 14.2. The van der Waals surface area contributed by atoms with Gasteiger partial charge in [-0.05, 0) is 43.5 Å². The summed E-state index contributed by atoms with van der Waals surface area (Å²) in [5, 5.41) is 2.91. The van der Waals surface area contributed by atoms with Crippen LogP contribution in [0.25, 0.3) is 0 Å². The van der Waals surface area contributed by atoms with Gasteiger partial charge in [-0.1, -0.05) is 29.3 Å². The zero-order valence-electron chi connectivity index (χ0n) is 10.5. The van der Waals surface area contributed by atoms with E-state index >= 15 is 0 Å². The van der Waals surface area contributed by atoms with Gasteiger partial charge in [0.1, 0.15) is 0 Å². The fourth-order valence-corrected chi connectivity index (χ4v) is 2.45. The molecule has 0 aliphatic rings. The monoisotopic (exact) mass is 298 g/mol. The summed E-state index contributed by atoms with van der Waals surface area (Å²) in [6.45, 7) is 5.96. The van der Waals surface area contributed by atoms with Gasteiger partial charge in [-0.3, -0.25) is 4.79 Å². The highest BCUT2D eigenvalue weighted by atomic mass is 79.9. The molecule has 0 saturated heterocycles. The molecule has 4 heteroatoms. The Hall–Kier alpha value is -0.870. The third-order valence-corrected chi connectivity index (χ3v) is 3.14. The van der Waals surface area contributed by atoms with Crippen molar-refractivity contribution in [2.45, 2.75) is 39.7 Å². The Labute approximate surface area is 111 Å². The third-order valence-electron chi connectivity index (χ3n) is 2.68. The molecule has 1 aromatic carbocycles. The summed E-state index contributed by atoms with van der Waals surface area (Å²) in [7, 11) is 0. The molecule has 0 spiro atoms. The lowest BCUT2D eigenvalue weighted by Gasteiger charge is -2.15. The average Bonchev–Trinajstić information content (AvgIpc) is 2.23. The second-order valence-electron chi connectivity index (χ2n) is 4.30. The summed E-state index contributed by atoms with van der Waals surface area (Å²) < 4.78 is 1.02. The van der Waals surface area contributed by atoms with E-state index in [1.165, 1.54) is 0 Å². The van der Waals surface area contributed by atoms with Gasteiger partial charge in [-0.2, -0.15) is 0 Å². The molecule has 1 atom stereocenters. The van der Waals surface area contributed by atoms with E-state index in [2.05, 4.69) is 21.2 Å². The van der Waals surface area contributed by atoms with Crippen LogP contribution in [-0.2, 0) is 4.79 Å². The van der Waals surface area contributed by atoms with Crippen LogP contribution in [-0.4, -0.2) is 11.9 Å². The van der Waals surface area contributed by atoms with Gasteiger partial charge < -0.3 is 11.1 Å². The van der Waals surface area contributed by atoms with Crippen LogP contribution in [0, 0.1) is 13.8 Å². The van der Waals surface area contributed by atoms with Crippen LogP contribution in [0.4, 0.5) is 5.69 Å². The van der Waals surface area contributed by atoms with Crippen LogP contribution in [0.2, 0.25) is 0 Å². The van der Waals surface area contributed by atoms with Crippen molar-refractivity contribution in [1.29, 1.82) is 0 Å². The Morgan fingerprint density at radius 1 is 1.41 bits per heavy atom. The lowest BCUT2D eigenvalue weighted by Crippen LogP contribution is -2.35. The Morgan fingerprint density at radius 2 is 1.94 bits per heavy atom. The summed E-state index contributed by atoms with van der Waals surface area (Å²) >= 11 is 3.43. The summed E-state index contributed by atoms with van der Waals surface area (Å²) in [6.07, 6.45) is 1.62. The highest BCUT2D eigenvalue weighted by Crippen LogP contribution is 2.25.